The highest BCUT2D eigenvalue weighted by Gasteiger charge is 2.33. The summed E-state index contributed by atoms with van der Waals surface area (Å²) in [4.78, 5) is 50.2. The lowest BCUT2D eigenvalue weighted by atomic mass is 9.92. The summed E-state index contributed by atoms with van der Waals surface area (Å²) in [6.07, 6.45) is 2.46. The second-order valence-electron chi connectivity index (χ2n) is 8.68. The summed E-state index contributed by atoms with van der Waals surface area (Å²) in [6.45, 7) is 6.01. The monoisotopic (exact) mass is 500 g/mol. The number of aryl methyl sites for hydroxylation is 1. The topological polar surface area (TPSA) is 131 Å². The van der Waals surface area contributed by atoms with Crippen molar-refractivity contribution in [2.45, 2.75) is 26.7 Å². The Kier molecular flexibility index (Phi) is 7.13. The van der Waals surface area contributed by atoms with Gasteiger partial charge in [-0.05, 0) is 31.9 Å². The van der Waals surface area contributed by atoms with E-state index in [1.165, 1.54) is 10.8 Å². The second kappa shape index (κ2) is 10.1. The van der Waals surface area contributed by atoms with Crippen molar-refractivity contribution in [3.8, 4) is 5.13 Å². The number of Topliss-reactive ketones (excluding diaryl/α,β-unsaturated/α-hetero) is 1. The Labute approximate surface area is 206 Å². The molecule has 0 radical (unpaired) electrons. The van der Waals surface area contributed by atoms with Crippen molar-refractivity contribution in [2.24, 2.45) is 5.92 Å². The molecule has 11 nitrogen and oxygen atoms in total. The number of ketones is 1. The van der Waals surface area contributed by atoms with E-state index in [9.17, 15) is 19.5 Å². The molecule has 0 aromatic carbocycles. The minimum Gasteiger partial charge on any atom is -0.477 e. The first-order valence-electron chi connectivity index (χ1n) is 11.4. The Morgan fingerprint density at radius 2 is 2.03 bits per heavy atom. The van der Waals surface area contributed by atoms with E-state index >= 15 is 0 Å². The lowest BCUT2D eigenvalue weighted by Crippen LogP contribution is -2.51. The van der Waals surface area contributed by atoms with Crippen molar-refractivity contribution >= 4 is 46.1 Å². The number of carboxylic acids is 1. The van der Waals surface area contributed by atoms with Crippen molar-refractivity contribution in [1.82, 2.24) is 18.9 Å². The van der Waals surface area contributed by atoms with Crippen LogP contribution in [-0.4, -0.2) is 76.2 Å². The first-order valence-corrected chi connectivity index (χ1v) is 12.2. The van der Waals surface area contributed by atoms with Crippen LogP contribution in [0, 0.1) is 12.8 Å². The van der Waals surface area contributed by atoms with Crippen molar-refractivity contribution in [2.75, 3.05) is 50.2 Å². The van der Waals surface area contributed by atoms with Gasteiger partial charge < -0.3 is 19.6 Å². The molecule has 1 aliphatic heterocycles. The normalized spacial score (nSPS) is 13.8. The zero-order valence-electron chi connectivity index (χ0n) is 20.1. The predicted octanol–water partition coefficient (Wildman–Crippen LogP) is 2.13. The molecule has 0 aliphatic carbocycles. The van der Waals surface area contributed by atoms with Crippen molar-refractivity contribution < 1.29 is 19.4 Å². The van der Waals surface area contributed by atoms with Crippen LogP contribution in [-0.2, 0) is 9.53 Å². The number of pyridine rings is 2. The quantitative estimate of drug-likeness (QED) is 0.413. The van der Waals surface area contributed by atoms with Gasteiger partial charge in [-0.15, -0.1) is 0 Å². The summed E-state index contributed by atoms with van der Waals surface area (Å²) in [7, 11) is 3.61. The van der Waals surface area contributed by atoms with Gasteiger partial charge in [0.05, 0.1) is 11.3 Å². The molecule has 35 heavy (non-hydrogen) atoms. The summed E-state index contributed by atoms with van der Waals surface area (Å²) < 4.78 is 11.1. The standard InChI is InChI=1S/C23H28N6O5S/c1-5-34-8-6-7-16(30)14-10-28(11-14)17-9-13(2)18-19(31)15(21(32)33)12-29(20(18)24-17)23-25-22(26-35-23)27(3)4/h9,12,14H,5-8,10-11H2,1-4H3,(H,32,33). The molecule has 12 heteroatoms. The molecule has 3 aromatic heterocycles. The average molecular weight is 501 g/mol. The minimum absolute atomic E-state index is 0.0585. The Morgan fingerprint density at radius 3 is 2.66 bits per heavy atom. The van der Waals surface area contributed by atoms with Gasteiger partial charge in [-0.25, -0.2) is 9.78 Å². The molecule has 0 unspecified atom stereocenters. The summed E-state index contributed by atoms with van der Waals surface area (Å²) in [5.41, 5.74) is -0.0411. The molecule has 1 saturated heterocycles. The smallest absolute Gasteiger partial charge is 0.341 e. The SMILES string of the molecule is CCOCCCC(=O)C1CN(c2cc(C)c3c(=O)c(C(=O)O)cn(-c4nc(N(C)C)ns4)c3n2)C1. The molecule has 4 rings (SSSR count). The summed E-state index contributed by atoms with van der Waals surface area (Å²) >= 11 is 1.08. The van der Waals surface area contributed by atoms with Crippen LogP contribution in [0.5, 0.6) is 0 Å². The van der Waals surface area contributed by atoms with E-state index in [1.54, 1.807) is 32.0 Å². The first kappa shape index (κ1) is 24.7. The maximum atomic E-state index is 13.0. The van der Waals surface area contributed by atoms with Crippen LogP contribution in [0.3, 0.4) is 0 Å². The largest absolute Gasteiger partial charge is 0.477 e. The average Bonchev–Trinajstić information content (AvgIpc) is 3.26. The zero-order valence-corrected chi connectivity index (χ0v) is 21.0. The van der Waals surface area contributed by atoms with Crippen LogP contribution in [0.4, 0.5) is 11.8 Å². The number of aromatic nitrogens is 4. The number of anilines is 2. The molecule has 4 heterocycles. The lowest BCUT2D eigenvalue weighted by Gasteiger charge is -2.39. The van der Waals surface area contributed by atoms with E-state index in [2.05, 4.69) is 9.36 Å². The summed E-state index contributed by atoms with van der Waals surface area (Å²) in [5, 5.41) is 10.2. The van der Waals surface area contributed by atoms with E-state index < -0.39 is 11.4 Å². The highest BCUT2D eigenvalue weighted by molar-refractivity contribution is 7.08. The number of carbonyl (C=O) groups is 2. The van der Waals surface area contributed by atoms with Crippen molar-refractivity contribution in [1.29, 1.82) is 0 Å². The maximum absolute atomic E-state index is 13.0. The molecule has 0 saturated carbocycles. The number of nitrogens with zero attached hydrogens (tertiary/aromatic N) is 6. The molecule has 186 valence electrons. The van der Waals surface area contributed by atoms with E-state index in [1.807, 2.05) is 11.8 Å². The minimum atomic E-state index is -1.32. The second-order valence-corrected chi connectivity index (χ2v) is 9.41. The van der Waals surface area contributed by atoms with Crippen LogP contribution in [0.1, 0.15) is 35.7 Å². The fourth-order valence-electron chi connectivity index (χ4n) is 3.99. The van der Waals surface area contributed by atoms with E-state index in [0.29, 0.717) is 67.3 Å². The lowest BCUT2D eigenvalue weighted by molar-refractivity contribution is -0.123. The fourth-order valence-corrected chi connectivity index (χ4v) is 4.71. The zero-order chi connectivity index (χ0) is 25.3. The maximum Gasteiger partial charge on any atom is 0.341 e. The number of hydrogen-bond donors (Lipinski definition) is 1. The number of carbonyl (C=O) groups excluding carboxylic acids is 1. The summed E-state index contributed by atoms with van der Waals surface area (Å²) in [6, 6.07) is 1.76. The molecular formula is C23H28N6O5S. The van der Waals surface area contributed by atoms with Crippen LogP contribution in [0.25, 0.3) is 16.2 Å². The van der Waals surface area contributed by atoms with Gasteiger partial charge in [0.1, 0.15) is 17.2 Å². The molecule has 1 N–H and O–H groups in total. The molecule has 0 bridgehead atoms. The summed E-state index contributed by atoms with van der Waals surface area (Å²) in [5.74, 6) is -0.0692. The third-order valence-electron chi connectivity index (χ3n) is 5.96. The highest BCUT2D eigenvalue weighted by atomic mass is 32.1. The molecule has 1 fully saturated rings. The fraction of sp³-hybridized carbons (Fsp3) is 0.478. The molecule has 0 atom stereocenters. The first-order chi connectivity index (χ1) is 16.7. The van der Waals surface area contributed by atoms with E-state index in [4.69, 9.17) is 9.72 Å². The molecular weight excluding hydrogens is 472 g/mol. The Hall–Kier alpha value is -3.38. The predicted molar refractivity (Wildman–Crippen MR) is 133 cm³/mol. The van der Waals surface area contributed by atoms with Gasteiger partial charge in [0.25, 0.3) is 0 Å². The number of carboxylic acid groups (broad SMARTS) is 1. The Balaban J connectivity index is 1.68. The number of aromatic carboxylic acids is 1. The van der Waals surface area contributed by atoms with Crippen molar-refractivity contribution in [3.63, 3.8) is 0 Å². The van der Waals surface area contributed by atoms with Crippen molar-refractivity contribution in [3.05, 3.63) is 33.6 Å². The Bertz CT molecular complexity index is 1330. The van der Waals surface area contributed by atoms with Crippen LogP contribution in [0.15, 0.2) is 17.1 Å². The number of hydrogen-bond acceptors (Lipinski definition) is 10. The van der Waals surface area contributed by atoms with Gasteiger partial charge in [0.15, 0.2) is 5.65 Å². The van der Waals surface area contributed by atoms with E-state index in [0.717, 1.165) is 11.5 Å². The molecule has 0 spiro atoms. The van der Waals surface area contributed by atoms with Crippen LogP contribution < -0.4 is 15.2 Å². The van der Waals surface area contributed by atoms with Crippen LogP contribution in [0.2, 0.25) is 0 Å². The third kappa shape index (κ3) is 4.89. The van der Waals surface area contributed by atoms with Gasteiger partial charge in [0, 0.05) is 64.5 Å². The van der Waals surface area contributed by atoms with Gasteiger partial charge in [0.2, 0.25) is 16.5 Å². The van der Waals surface area contributed by atoms with Gasteiger partial charge in [-0.3, -0.25) is 14.2 Å². The number of rotatable bonds is 10. The van der Waals surface area contributed by atoms with Crippen LogP contribution >= 0.6 is 11.5 Å². The molecule has 0 amide bonds. The number of ether oxygens (including phenoxy) is 1. The van der Waals surface area contributed by atoms with Gasteiger partial charge in [-0.2, -0.15) is 9.36 Å². The number of fused-ring (bicyclic) bond motifs is 1. The Morgan fingerprint density at radius 1 is 1.29 bits per heavy atom. The molecule has 1 aliphatic rings. The third-order valence-corrected chi connectivity index (χ3v) is 6.67. The van der Waals surface area contributed by atoms with Gasteiger partial charge in [-0.1, -0.05) is 0 Å². The molecule has 3 aromatic rings. The van der Waals surface area contributed by atoms with Gasteiger partial charge >= 0.3 is 5.97 Å². The highest BCUT2D eigenvalue weighted by Crippen LogP contribution is 2.29. The van der Waals surface area contributed by atoms with E-state index in [-0.39, 0.29) is 22.7 Å².